The molecule has 1 aromatic carbocycles. The number of sulfonamides is 1. The van der Waals surface area contributed by atoms with Gasteiger partial charge in [0.05, 0.1) is 5.75 Å². The van der Waals surface area contributed by atoms with E-state index in [0.29, 0.717) is 13.0 Å². The normalized spacial score (nSPS) is 18.4. The van der Waals surface area contributed by atoms with Crippen LogP contribution in [-0.2, 0) is 14.8 Å². The number of nitrogens with zero attached hydrogens (tertiary/aromatic N) is 1. The van der Waals surface area contributed by atoms with Gasteiger partial charge in [0, 0.05) is 31.3 Å². The highest BCUT2D eigenvalue weighted by atomic mass is 32.2. The Bertz CT molecular complexity index is 634. The maximum Gasteiger partial charge on any atom is 0.225 e. The first-order valence-corrected chi connectivity index (χ1v) is 8.22. The third-order valence-electron chi connectivity index (χ3n) is 3.24. The predicted octanol–water partition coefficient (Wildman–Crippen LogP) is 1.72. The van der Waals surface area contributed by atoms with Gasteiger partial charge in [0.2, 0.25) is 15.9 Å². The van der Waals surface area contributed by atoms with Crippen molar-refractivity contribution in [3.05, 3.63) is 29.8 Å². The van der Waals surface area contributed by atoms with Gasteiger partial charge < -0.3 is 5.32 Å². The number of nitrogens with one attached hydrogen (secondary N) is 1. The topological polar surface area (TPSA) is 66.5 Å². The van der Waals surface area contributed by atoms with Gasteiger partial charge in [0.25, 0.3) is 0 Å². The molecule has 0 unspecified atom stereocenters. The van der Waals surface area contributed by atoms with Crippen LogP contribution in [0.15, 0.2) is 18.2 Å². The number of benzene rings is 1. The largest absolute Gasteiger partial charge is 0.326 e. The molecule has 0 aliphatic carbocycles. The zero-order valence-electron chi connectivity index (χ0n) is 11.3. The summed E-state index contributed by atoms with van der Waals surface area (Å²) in [4.78, 5) is 11.7. The molecule has 0 bridgehead atoms. The van der Waals surface area contributed by atoms with Crippen LogP contribution in [0.4, 0.5) is 14.5 Å². The highest BCUT2D eigenvalue weighted by molar-refractivity contribution is 7.89. The van der Waals surface area contributed by atoms with E-state index in [-0.39, 0.29) is 24.4 Å². The first kappa shape index (κ1) is 15.8. The summed E-state index contributed by atoms with van der Waals surface area (Å²) in [7, 11) is -3.26. The van der Waals surface area contributed by atoms with Crippen LogP contribution in [0.25, 0.3) is 0 Å². The van der Waals surface area contributed by atoms with E-state index in [1.54, 1.807) is 0 Å². The summed E-state index contributed by atoms with van der Waals surface area (Å²) < 4.78 is 50.5. The van der Waals surface area contributed by atoms with E-state index >= 15 is 0 Å². The minimum atomic E-state index is -3.26. The Hall–Kier alpha value is -1.54. The average Bonchev–Trinajstić information content (AvgIpc) is 2.41. The molecule has 0 atom stereocenters. The molecule has 21 heavy (non-hydrogen) atoms. The van der Waals surface area contributed by atoms with Crippen molar-refractivity contribution in [1.29, 1.82) is 0 Å². The number of hydrogen-bond donors (Lipinski definition) is 1. The van der Waals surface area contributed by atoms with E-state index in [1.807, 2.05) is 0 Å². The minimum absolute atomic E-state index is 0.0295. The first-order valence-electron chi connectivity index (χ1n) is 6.61. The van der Waals surface area contributed by atoms with Crippen molar-refractivity contribution in [1.82, 2.24) is 4.31 Å². The summed E-state index contributed by atoms with van der Waals surface area (Å²) in [6.07, 6.45) is 1.39. The Labute approximate surface area is 122 Å². The molecule has 1 saturated heterocycles. The van der Waals surface area contributed by atoms with Gasteiger partial charge in [-0.1, -0.05) is 0 Å². The highest BCUT2D eigenvalue weighted by Gasteiger charge is 2.25. The van der Waals surface area contributed by atoms with Crippen molar-refractivity contribution >= 4 is 21.6 Å². The van der Waals surface area contributed by atoms with Crippen molar-refractivity contribution in [3.63, 3.8) is 0 Å². The van der Waals surface area contributed by atoms with Crippen LogP contribution in [0.3, 0.4) is 0 Å². The molecule has 1 N–H and O–H groups in total. The van der Waals surface area contributed by atoms with Crippen molar-refractivity contribution < 1.29 is 22.0 Å². The number of carbonyl (C=O) groups is 1. The van der Waals surface area contributed by atoms with Crippen LogP contribution in [0.5, 0.6) is 0 Å². The van der Waals surface area contributed by atoms with E-state index < -0.39 is 27.6 Å². The summed E-state index contributed by atoms with van der Waals surface area (Å²) in [6, 6.07) is 3.04. The number of amides is 1. The van der Waals surface area contributed by atoms with Crippen molar-refractivity contribution in [2.45, 2.75) is 19.3 Å². The molecular formula is C13H16F2N2O3S. The third kappa shape index (κ3) is 4.21. The quantitative estimate of drug-likeness (QED) is 0.919. The summed E-state index contributed by atoms with van der Waals surface area (Å²) >= 11 is 0. The van der Waals surface area contributed by atoms with Gasteiger partial charge in [-0.25, -0.2) is 21.5 Å². The number of halogens is 2. The lowest BCUT2D eigenvalue weighted by Crippen LogP contribution is -2.39. The van der Waals surface area contributed by atoms with Crippen LogP contribution in [0, 0.1) is 11.6 Å². The SMILES string of the molecule is O=C(CCN1CCCCS1(=O)=O)Nc1ccc(F)c(F)c1. The fourth-order valence-electron chi connectivity index (χ4n) is 2.12. The molecule has 116 valence electrons. The molecule has 0 saturated carbocycles. The van der Waals surface area contributed by atoms with Crippen LogP contribution in [-0.4, -0.2) is 37.5 Å². The molecule has 5 nitrogen and oxygen atoms in total. The molecule has 1 aliphatic heterocycles. The van der Waals surface area contributed by atoms with Gasteiger partial charge in [-0.2, -0.15) is 0 Å². The molecule has 0 spiro atoms. The van der Waals surface area contributed by atoms with E-state index in [4.69, 9.17) is 0 Å². The molecule has 1 aromatic rings. The lowest BCUT2D eigenvalue weighted by molar-refractivity contribution is -0.116. The van der Waals surface area contributed by atoms with Crippen molar-refractivity contribution in [2.75, 3.05) is 24.2 Å². The number of carbonyl (C=O) groups excluding carboxylic acids is 1. The maximum atomic E-state index is 13.0. The second-order valence-corrected chi connectivity index (χ2v) is 6.94. The van der Waals surface area contributed by atoms with Crippen LogP contribution < -0.4 is 5.32 Å². The monoisotopic (exact) mass is 318 g/mol. The summed E-state index contributed by atoms with van der Waals surface area (Å²) in [6.45, 7) is 0.513. The van der Waals surface area contributed by atoms with E-state index in [1.165, 1.54) is 10.4 Å². The summed E-state index contributed by atoms with van der Waals surface area (Å²) in [5.41, 5.74) is 0.139. The zero-order valence-corrected chi connectivity index (χ0v) is 12.1. The smallest absolute Gasteiger partial charge is 0.225 e. The number of rotatable bonds is 4. The standard InChI is InChI=1S/C13H16F2N2O3S/c14-11-4-3-10(9-12(11)15)16-13(18)5-7-17-6-1-2-8-21(17,19)20/h3-4,9H,1-2,5-8H2,(H,16,18). The fraction of sp³-hybridized carbons (Fsp3) is 0.462. The zero-order chi connectivity index (χ0) is 15.5. The summed E-state index contributed by atoms with van der Waals surface area (Å²) in [5.74, 6) is -2.38. The lowest BCUT2D eigenvalue weighted by Gasteiger charge is -2.25. The molecule has 2 rings (SSSR count). The molecule has 1 heterocycles. The van der Waals surface area contributed by atoms with Gasteiger partial charge in [0.1, 0.15) is 0 Å². The first-order chi connectivity index (χ1) is 9.88. The molecule has 0 aromatic heterocycles. The van der Waals surface area contributed by atoms with Crippen LogP contribution in [0.1, 0.15) is 19.3 Å². The van der Waals surface area contributed by atoms with Gasteiger partial charge >= 0.3 is 0 Å². The Balaban J connectivity index is 1.88. The fourth-order valence-corrected chi connectivity index (χ4v) is 3.72. The molecule has 0 radical (unpaired) electrons. The van der Waals surface area contributed by atoms with Crippen LogP contribution >= 0.6 is 0 Å². The Morgan fingerprint density at radius 3 is 2.67 bits per heavy atom. The van der Waals surface area contributed by atoms with E-state index in [0.717, 1.165) is 18.6 Å². The van der Waals surface area contributed by atoms with Gasteiger partial charge in [-0.3, -0.25) is 4.79 Å². The molecule has 1 aliphatic rings. The van der Waals surface area contributed by atoms with E-state index in [2.05, 4.69) is 5.32 Å². The highest BCUT2D eigenvalue weighted by Crippen LogP contribution is 2.15. The number of hydrogen-bond acceptors (Lipinski definition) is 3. The van der Waals surface area contributed by atoms with Crippen molar-refractivity contribution in [2.24, 2.45) is 0 Å². The second-order valence-electron chi connectivity index (χ2n) is 4.85. The van der Waals surface area contributed by atoms with Gasteiger partial charge in [-0.05, 0) is 25.0 Å². The Kier molecular flexibility index (Phi) is 4.89. The minimum Gasteiger partial charge on any atom is -0.326 e. The van der Waals surface area contributed by atoms with Crippen LogP contribution in [0.2, 0.25) is 0 Å². The maximum absolute atomic E-state index is 13.0. The molecule has 8 heteroatoms. The van der Waals surface area contributed by atoms with Gasteiger partial charge in [-0.15, -0.1) is 0 Å². The lowest BCUT2D eigenvalue weighted by atomic mass is 10.3. The van der Waals surface area contributed by atoms with Gasteiger partial charge in [0.15, 0.2) is 11.6 Å². The molecule has 1 fully saturated rings. The predicted molar refractivity (Wildman–Crippen MR) is 74.2 cm³/mol. The second kappa shape index (κ2) is 6.48. The molecule has 1 amide bonds. The van der Waals surface area contributed by atoms with Crippen molar-refractivity contribution in [3.8, 4) is 0 Å². The summed E-state index contributed by atoms with van der Waals surface area (Å²) in [5, 5.41) is 2.41. The Morgan fingerprint density at radius 2 is 2.00 bits per heavy atom. The average molecular weight is 318 g/mol. The van der Waals surface area contributed by atoms with E-state index in [9.17, 15) is 22.0 Å². The Morgan fingerprint density at radius 1 is 1.24 bits per heavy atom. The third-order valence-corrected chi connectivity index (χ3v) is 5.20. The molecular weight excluding hydrogens is 302 g/mol. The number of anilines is 1.